The number of benzene rings is 4. The van der Waals surface area contributed by atoms with Crippen LogP contribution in [0.15, 0.2) is 103 Å². The zero-order valence-electron chi connectivity index (χ0n) is 19.2. The van der Waals surface area contributed by atoms with Crippen molar-refractivity contribution in [3.8, 4) is 33.0 Å². The first-order valence-electron chi connectivity index (χ1n) is 11.6. The van der Waals surface area contributed by atoms with Gasteiger partial charge in [-0.15, -0.1) is 11.3 Å². The highest BCUT2D eigenvalue weighted by Gasteiger charge is 2.16. The highest BCUT2D eigenvalue weighted by molar-refractivity contribution is 7.22. The highest BCUT2D eigenvalue weighted by atomic mass is 32.1. The maximum absolute atomic E-state index is 5.06. The minimum Gasteiger partial charge on any atom is -0.256 e. The number of hydrogen-bond donors (Lipinski definition) is 0. The SMILES string of the molecule is CC(C)c1ccc2c(-c3cc(-c4ccccc4)c4sc(-c5ccccc5)nc4c3)nccc2c1. The molecule has 3 heteroatoms. The lowest BCUT2D eigenvalue weighted by Gasteiger charge is -2.11. The number of pyridine rings is 1. The van der Waals surface area contributed by atoms with E-state index < -0.39 is 0 Å². The second kappa shape index (κ2) is 8.51. The molecule has 0 unspecified atom stereocenters. The lowest BCUT2D eigenvalue weighted by molar-refractivity contribution is 0.869. The average molecular weight is 457 g/mol. The third-order valence-corrected chi connectivity index (χ3v) is 7.48. The van der Waals surface area contributed by atoms with Crippen molar-refractivity contribution in [3.05, 3.63) is 109 Å². The topological polar surface area (TPSA) is 25.8 Å². The van der Waals surface area contributed by atoms with Crippen LogP contribution >= 0.6 is 11.3 Å². The van der Waals surface area contributed by atoms with E-state index in [4.69, 9.17) is 9.97 Å². The van der Waals surface area contributed by atoms with Gasteiger partial charge in [-0.25, -0.2) is 4.98 Å². The third-order valence-electron chi connectivity index (χ3n) is 6.32. The summed E-state index contributed by atoms with van der Waals surface area (Å²) < 4.78 is 1.20. The van der Waals surface area contributed by atoms with Gasteiger partial charge in [0.2, 0.25) is 0 Å². The van der Waals surface area contributed by atoms with Crippen LogP contribution in [-0.2, 0) is 0 Å². The third kappa shape index (κ3) is 3.68. The van der Waals surface area contributed by atoms with Gasteiger partial charge in [0.15, 0.2) is 0 Å². The van der Waals surface area contributed by atoms with E-state index in [2.05, 4.69) is 105 Å². The van der Waals surface area contributed by atoms with E-state index >= 15 is 0 Å². The van der Waals surface area contributed by atoms with E-state index in [0.29, 0.717) is 5.92 Å². The van der Waals surface area contributed by atoms with Crippen molar-refractivity contribution in [2.75, 3.05) is 0 Å². The summed E-state index contributed by atoms with van der Waals surface area (Å²) in [6, 6.07) is 34.3. The fourth-order valence-corrected chi connectivity index (χ4v) is 5.58. The lowest BCUT2D eigenvalue weighted by Crippen LogP contribution is -1.91. The van der Waals surface area contributed by atoms with Gasteiger partial charge in [0, 0.05) is 28.3 Å². The maximum Gasteiger partial charge on any atom is 0.124 e. The molecule has 0 radical (unpaired) electrons. The molecule has 0 atom stereocenters. The predicted molar refractivity (Wildman–Crippen MR) is 145 cm³/mol. The Morgan fingerprint density at radius 1 is 0.706 bits per heavy atom. The molecule has 0 aliphatic heterocycles. The summed E-state index contributed by atoms with van der Waals surface area (Å²) in [5.74, 6) is 0.494. The molecule has 0 amide bonds. The molecule has 0 saturated carbocycles. The monoisotopic (exact) mass is 456 g/mol. The van der Waals surface area contributed by atoms with Crippen LogP contribution in [0.1, 0.15) is 25.3 Å². The molecule has 164 valence electrons. The summed E-state index contributed by atoms with van der Waals surface area (Å²) in [4.78, 5) is 9.90. The quantitative estimate of drug-likeness (QED) is 0.264. The zero-order valence-corrected chi connectivity index (χ0v) is 20.0. The van der Waals surface area contributed by atoms with E-state index in [1.165, 1.54) is 32.2 Å². The van der Waals surface area contributed by atoms with Crippen molar-refractivity contribution in [2.24, 2.45) is 0 Å². The molecule has 2 heterocycles. The van der Waals surface area contributed by atoms with Gasteiger partial charge in [-0.1, -0.05) is 92.7 Å². The maximum atomic E-state index is 5.06. The molecule has 0 aliphatic rings. The van der Waals surface area contributed by atoms with Gasteiger partial charge >= 0.3 is 0 Å². The van der Waals surface area contributed by atoms with Crippen molar-refractivity contribution in [2.45, 2.75) is 19.8 Å². The van der Waals surface area contributed by atoms with E-state index in [1.807, 2.05) is 12.3 Å². The predicted octanol–water partition coefficient (Wildman–Crippen LogP) is 8.97. The summed E-state index contributed by atoms with van der Waals surface area (Å²) in [5, 5.41) is 3.43. The van der Waals surface area contributed by atoms with Crippen LogP contribution < -0.4 is 0 Å². The smallest absolute Gasteiger partial charge is 0.124 e. The van der Waals surface area contributed by atoms with Crippen LogP contribution in [-0.4, -0.2) is 9.97 Å². The van der Waals surface area contributed by atoms with Crippen LogP contribution in [0.3, 0.4) is 0 Å². The Labute approximate surface area is 203 Å². The van der Waals surface area contributed by atoms with Gasteiger partial charge in [0.25, 0.3) is 0 Å². The van der Waals surface area contributed by atoms with Crippen molar-refractivity contribution in [3.63, 3.8) is 0 Å². The second-order valence-corrected chi connectivity index (χ2v) is 9.92. The van der Waals surface area contributed by atoms with E-state index in [9.17, 15) is 0 Å². The molecular formula is C31H24N2S. The fraction of sp³-hybridized carbons (Fsp3) is 0.0968. The molecule has 0 spiro atoms. The van der Waals surface area contributed by atoms with Crippen molar-refractivity contribution >= 4 is 32.3 Å². The van der Waals surface area contributed by atoms with Crippen LogP contribution in [0.25, 0.3) is 53.9 Å². The standard InChI is InChI=1S/C31H24N2S/c1-20(2)23-13-14-26-24(17-23)15-16-32-29(26)25-18-27(21-9-5-3-6-10-21)30-28(19-25)33-31(34-30)22-11-7-4-8-12-22/h3-20H,1-2H3. The van der Waals surface area contributed by atoms with Crippen LogP contribution in [0, 0.1) is 0 Å². The zero-order chi connectivity index (χ0) is 23.1. The summed E-state index contributed by atoms with van der Waals surface area (Å²) in [7, 11) is 0. The Balaban J connectivity index is 1.60. The average Bonchev–Trinajstić information content (AvgIpc) is 3.33. The van der Waals surface area contributed by atoms with Crippen molar-refractivity contribution in [1.29, 1.82) is 0 Å². The second-order valence-electron chi connectivity index (χ2n) is 8.92. The molecule has 4 aromatic carbocycles. The molecular weight excluding hydrogens is 432 g/mol. The van der Waals surface area contributed by atoms with E-state index in [0.717, 1.165) is 27.3 Å². The Bertz CT molecular complexity index is 1620. The van der Waals surface area contributed by atoms with E-state index in [1.54, 1.807) is 11.3 Å². The summed E-state index contributed by atoms with van der Waals surface area (Å²) in [6.07, 6.45) is 1.92. The molecule has 2 aromatic heterocycles. The number of hydrogen-bond acceptors (Lipinski definition) is 3. The molecule has 0 N–H and O–H groups in total. The molecule has 0 saturated heterocycles. The molecule has 6 aromatic rings. The Morgan fingerprint density at radius 2 is 1.44 bits per heavy atom. The van der Waals surface area contributed by atoms with Gasteiger partial charge in [-0.05, 0) is 40.6 Å². The molecule has 2 nitrogen and oxygen atoms in total. The first kappa shape index (κ1) is 20.8. The lowest BCUT2D eigenvalue weighted by atomic mass is 9.95. The fourth-order valence-electron chi connectivity index (χ4n) is 4.49. The molecule has 0 bridgehead atoms. The van der Waals surface area contributed by atoms with Gasteiger partial charge in [0.1, 0.15) is 5.01 Å². The van der Waals surface area contributed by atoms with Crippen LogP contribution in [0.2, 0.25) is 0 Å². The van der Waals surface area contributed by atoms with Gasteiger partial charge in [-0.3, -0.25) is 4.98 Å². The number of rotatable bonds is 4. The van der Waals surface area contributed by atoms with Gasteiger partial charge < -0.3 is 0 Å². The molecule has 0 fully saturated rings. The minimum absolute atomic E-state index is 0.494. The molecule has 6 rings (SSSR count). The number of aromatic nitrogens is 2. The number of thiazole rings is 1. The number of nitrogens with zero attached hydrogens (tertiary/aromatic N) is 2. The number of fused-ring (bicyclic) bond motifs is 2. The Kier molecular flexibility index (Phi) is 5.20. The summed E-state index contributed by atoms with van der Waals surface area (Å²) in [6.45, 7) is 4.46. The van der Waals surface area contributed by atoms with Gasteiger partial charge in [0.05, 0.1) is 15.9 Å². The van der Waals surface area contributed by atoms with Gasteiger partial charge in [-0.2, -0.15) is 0 Å². The largest absolute Gasteiger partial charge is 0.256 e. The van der Waals surface area contributed by atoms with E-state index in [-0.39, 0.29) is 0 Å². The first-order chi connectivity index (χ1) is 16.7. The first-order valence-corrected chi connectivity index (χ1v) is 12.4. The Morgan fingerprint density at radius 3 is 2.18 bits per heavy atom. The van der Waals surface area contributed by atoms with Crippen molar-refractivity contribution < 1.29 is 0 Å². The Hall–Kier alpha value is -3.82. The van der Waals surface area contributed by atoms with Crippen molar-refractivity contribution in [1.82, 2.24) is 9.97 Å². The van der Waals surface area contributed by atoms with Crippen LogP contribution in [0.4, 0.5) is 0 Å². The molecule has 34 heavy (non-hydrogen) atoms. The highest BCUT2D eigenvalue weighted by Crippen LogP contribution is 2.40. The molecule has 0 aliphatic carbocycles. The minimum atomic E-state index is 0.494. The summed E-state index contributed by atoms with van der Waals surface area (Å²) >= 11 is 1.75. The summed E-state index contributed by atoms with van der Waals surface area (Å²) in [5.41, 5.74) is 7.99. The normalized spacial score (nSPS) is 11.5. The van der Waals surface area contributed by atoms with Crippen LogP contribution in [0.5, 0.6) is 0 Å².